The van der Waals surface area contributed by atoms with E-state index in [0.717, 1.165) is 0 Å². The van der Waals surface area contributed by atoms with E-state index in [2.05, 4.69) is 0 Å². The Morgan fingerprint density at radius 1 is 0.714 bits per heavy atom. The fourth-order valence-corrected chi connectivity index (χ4v) is 2.37. The van der Waals surface area contributed by atoms with E-state index in [0.29, 0.717) is 0 Å². The van der Waals surface area contributed by atoms with Crippen LogP contribution < -0.4 is 0 Å². The van der Waals surface area contributed by atoms with E-state index in [1.54, 1.807) is 0 Å². The fraction of sp³-hybridized carbons (Fsp3) is 1.00. The van der Waals surface area contributed by atoms with Gasteiger partial charge in [-0.1, -0.05) is 0 Å². The summed E-state index contributed by atoms with van der Waals surface area (Å²) >= 11 is 0. The Hall–Kier alpha value is -0.400. The molecule has 2 saturated heterocycles. The lowest BCUT2D eigenvalue weighted by atomic mass is 9.99. The molecular formula is C11H20O10. The van der Waals surface area contributed by atoms with Crippen molar-refractivity contribution < 1.29 is 50.0 Å². The molecule has 2 aliphatic rings. The van der Waals surface area contributed by atoms with Crippen LogP contribution in [-0.2, 0) is 14.2 Å². The zero-order valence-electron chi connectivity index (χ0n) is 11.0. The predicted octanol–water partition coefficient (Wildman–Crippen LogP) is -4.76. The van der Waals surface area contributed by atoms with Gasteiger partial charge in [-0.05, 0) is 0 Å². The van der Waals surface area contributed by atoms with E-state index in [-0.39, 0.29) is 0 Å². The van der Waals surface area contributed by atoms with Crippen molar-refractivity contribution in [2.45, 2.75) is 55.3 Å². The summed E-state index contributed by atoms with van der Waals surface area (Å²) in [5.74, 6) is 0. The molecule has 10 nitrogen and oxygen atoms in total. The maximum absolute atomic E-state index is 9.80. The Morgan fingerprint density at radius 2 is 1.33 bits per heavy atom. The van der Waals surface area contributed by atoms with Crippen LogP contribution >= 0.6 is 0 Å². The first kappa shape index (κ1) is 17.0. The Kier molecular flexibility index (Phi) is 5.48. The van der Waals surface area contributed by atoms with Crippen molar-refractivity contribution in [3.8, 4) is 0 Å². The highest BCUT2D eigenvalue weighted by Gasteiger charge is 2.49. The summed E-state index contributed by atoms with van der Waals surface area (Å²) in [6.07, 6.45) is -12.8. The van der Waals surface area contributed by atoms with Gasteiger partial charge in [0.15, 0.2) is 12.6 Å². The third-order valence-corrected chi connectivity index (χ3v) is 3.63. The minimum Gasteiger partial charge on any atom is -0.394 e. The molecule has 0 aliphatic carbocycles. The Bertz CT molecular complexity index is 339. The maximum atomic E-state index is 9.80. The van der Waals surface area contributed by atoms with Gasteiger partial charge < -0.3 is 50.0 Å². The summed E-state index contributed by atoms with van der Waals surface area (Å²) in [6, 6.07) is 0. The van der Waals surface area contributed by atoms with Gasteiger partial charge in [0.2, 0.25) is 0 Å². The first-order chi connectivity index (χ1) is 9.90. The molecule has 7 N–H and O–H groups in total. The Morgan fingerprint density at radius 3 is 1.90 bits per heavy atom. The van der Waals surface area contributed by atoms with Crippen LogP contribution in [0.5, 0.6) is 0 Å². The summed E-state index contributed by atoms with van der Waals surface area (Å²) in [4.78, 5) is 0. The smallest absolute Gasteiger partial charge is 0.187 e. The first-order valence-electron chi connectivity index (χ1n) is 6.49. The Labute approximate surface area is 119 Å². The molecule has 1 unspecified atom stereocenters. The molecule has 9 atom stereocenters. The number of aliphatic hydroxyl groups excluding tert-OH is 7. The van der Waals surface area contributed by atoms with Crippen LogP contribution in [0, 0.1) is 0 Å². The molecule has 2 rings (SSSR count). The van der Waals surface area contributed by atoms with Gasteiger partial charge in [0, 0.05) is 0 Å². The second kappa shape index (κ2) is 6.79. The molecule has 0 aromatic carbocycles. The molecule has 10 heteroatoms. The largest absolute Gasteiger partial charge is 0.394 e. The van der Waals surface area contributed by atoms with Crippen LogP contribution in [0.4, 0.5) is 0 Å². The number of ether oxygens (including phenoxy) is 3. The normalized spacial score (nSPS) is 51.3. The molecule has 2 aliphatic heterocycles. The minimum atomic E-state index is -1.65. The van der Waals surface area contributed by atoms with E-state index in [9.17, 15) is 25.5 Å². The summed E-state index contributed by atoms with van der Waals surface area (Å²) < 4.78 is 15.2. The molecule has 0 aromatic rings. The highest BCUT2D eigenvalue weighted by atomic mass is 16.7. The van der Waals surface area contributed by atoms with E-state index in [1.165, 1.54) is 0 Å². The average molecular weight is 312 g/mol. The van der Waals surface area contributed by atoms with Gasteiger partial charge in [-0.3, -0.25) is 0 Å². The third-order valence-electron chi connectivity index (χ3n) is 3.63. The van der Waals surface area contributed by atoms with Crippen LogP contribution in [0.1, 0.15) is 0 Å². The van der Waals surface area contributed by atoms with Crippen molar-refractivity contribution in [2.75, 3.05) is 13.2 Å². The van der Waals surface area contributed by atoms with Gasteiger partial charge in [0.25, 0.3) is 0 Å². The summed E-state index contributed by atoms with van der Waals surface area (Å²) in [5, 5.41) is 66.3. The van der Waals surface area contributed by atoms with Crippen LogP contribution in [0.3, 0.4) is 0 Å². The standard InChI is InChI=1S/C11H20O10/c12-1-3-5(14)6(15)7(16)11(20-3)21-9-4(2-13)19-10(18)8(9)17/h3-18H,1-2H2/t3-,4+,5+,6+,7-,8-,9+,10?,11+/m1/s1. The molecule has 2 fully saturated rings. The van der Waals surface area contributed by atoms with Crippen molar-refractivity contribution in [2.24, 2.45) is 0 Å². The maximum Gasteiger partial charge on any atom is 0.187 e. The fourth-order valence-electron chi connectivity index (χ4n) is 2.37. The van der Waals surface area contributed by atoms with Gasteiger partial charge >= 0.3 is 0 Å². The quantitative estimate of drug-likeness (QED) is 0.267. The van der Waals surface area contributed by atoms with Crippen LogP contribution in [-0.4, -0.2) is 104 Å². The van der Waals surface area contributed by atoms with Crippen molar-refractivity contribution in [1.82, 2.24) is 0 Å². The molecule has 2 heterocycles. The lowest BCUT2D eigenvalue weighted by Gasteiger charge is -2.41. The van der Waals surface area contributed by atoms with Gasteiger partial charge in [-0.2, -0.15) is 0 Å². The predicted molar refractivity (Wildman–Crippen MR) is 62.6 cm³/mol. The number of rotatable bonds is 4. The van der Waals surface area contributed by atoms with E-state index >= 15 is 0 Å². The van der Waals surface area contributed by atoms with Gasteiger partial charge in [0.05, 0.1) is 13.2 Å². The lowest BCUT2D eigenvalue weighted by Crippen LogP contribution is -2.60. The second-order valence-corrected chi connectivity index (χ2v) is 5.04. The Balaban J connectivity index is 2.07. The van der Waals surface area contributed by atoms with E-state index in [1.807, 2.05) is 0 Å². The third kappa shape index (κ3) is 3.19. The molecule has 0 amide bonds. The topological polar surface area (TPSA) is 169 Å². The molecule has 124 valence electrons. The SMILES string of the molecule is OC[C@@H]1OC(O)[C@H](O)[C@H]1O[C@@H]1O[C@H](CO)[C@H](O)[C@H](O)[C@H]1O. The zero-order chi connectivity index (χ0) is 15.7. The van der Waals surface area contributed by atoms with Crippen molar-refractivity contribution >= 4 is 0 Å². The first-order valence-corrected chi connectivity index (χ1v) is 6.49. The molecule has 0 aromatic heterocycles. The van der Waals surface area contributed by atoms with Crippen molar-refractivity contribution in [1.29, 1.82) is 0 Å². The summed E-state index contributed by atoms with van der Waals surface area (Å²) in [6.45, 7) is -1.18. The molecule has 0 spiro atoms. The highest BCUT2D eigenvalue weighted by Crippen LogP contribution is 2.28. The van der Waals surface area contributed by atoms with Gasteiger partial charge in [-0.25, -0.2) is 0 Å². The van der Waals surface area contributed by atoms with Gasteiger partial charge in [-0.15, -0.1) is 0 Å². The van der Waals surface area contributed by atoms with Crippen LogP contribution in [0.15, 0.2) is 0 Å². The van der Waals surface area contributed by atoms with Gasteiger partial charge in [0.1, 0.15) is 42.7 Å². The molecule has 0 saturated carbocycles. The molecule has 0 bridgehead atoms. The summed E-state index contributed by atoms with van der Waals surface area (Å²) in [7, 11) is 0. The van der Waals surface area contributed by atoms with Crippen molar-refractivity contribution in [3.05, 3.63) is 0 Å². The lowest BCUT2D eigenvalue weighted by molar-refractivity contribution is -0.318. The van der Waals surface area contributed by atoms with Crippen LogP contribution in [0.2, 0.25) is 0 Å². The van der Waals surface area contributed by atoms with Crippen molar-refractivity contribution in [3.63, 3.8) is 0 Å². The zero-order valence-corrected chi connectivity index (χ0v) is 11.0. The van der Waals surface area contributed by atoms with E-state index < -0.39 is 68.5 Å². The number of hydrogen-bond donors (Lipinski definition) is 7. The second-order valence-electron chi connectivity index (χ2n) is 5.04. The average Bonchev–Trinajstić information content (AvgIpc) is 2.75. The molecule has 21 heavy (non-hydrogen) atoms. The number of aliphatic hydroxyl groups is 7. The monoisotopic (exact) mass is 312 g/mol. The van der Waals surface area contributed by atoms with Crippen LogP contribution in [0.25, 0.3) is 0 Å². The molecular weight excluding hydrogens is 292 g/mol. The number of hydrogen-bond acceptors (Lipinski definition) is 10. The highest BCUT2D eigenvalue weighted by molar-refractivity contribution is 4.92. The minimum absolute atomic E-state index is 0.559. The molecule has 0 radical (unpaired) electrons. The van der Waals surface area contributed by atoms with E-state index in [4.69, 9.17) is 24.4 Å². The summed E-state index contributed by atoms with van der Waals surface area (Å²) in [5.41, 5.74) is 0.